The fourth-order valence-electron chi connectivity index (χ4n) is 1.41. The third-order valence-electron chi connectivity index (χ3n) is 2.46. The van der Waals surface area contributed by atoms with Gasteiger partial charge in [-0.05, 0) is 24.3 Å². The van der Waals surface area contributed by atoms with E-state index in [0.29, 0.717) is 18.8 Å². The Kier molecular flexibility index (Phi) is 6.43. The number of carbonyl (C=O) groups excluding carboxylic acids is 1. The largest absolute Gasteiger partial charge is 0.399 e. The van der Waals surface area contributed by atoms with Crippen molar-refractivity contribution < 1.29 is 17.9 Å². The number of hydrogen-bond donors (Lipinski definition) is 3. The molecule has 7 nitrogen and oxygen atoms in total. The van der Waals surface area contributed by atoms with Gasteiger partial charge in [-0.1, -0.05) is 0 Å². The number of anilines is 1. The first kappa shape index (κ1) is 16.4. The van der Waals surface area contributed by atoms with Crippen LogP contribution in [-0.2, 0) is 19.6 Å². The maximum Gasteiger partial charge on any atom is 0.240 e. The Labute approximate surface area is 118 Å². The molecule has 112 valence electrons. The van der Waals surface area contributed by atoms with Crippen molar-refractivity contribution in [2.45, 2.75) is 11.3 Å². The molecule has 1 amide bonds. The van der Waals surface area contributed by atoms with Crippen LogP contribution in [-0.4, -0.2) is 41.1 Å². The van der Waals surface area contributed by atoms with Gasteiger partial charge in [0.25, 0.3) is 0 Å². The monoisotopic (exact) mass is 301 g/mol. The van der Waals surface area contributed by atoms with Crippen LogP contribution < -0.4 is 15.8 Å². The fraction of sp³-hybridized carbons (Fsp3) is 0.417. The molecule has 1 aromatic rings. The molecule has 0 aliphatic heterocycles. The van der Waals surface area contributed by atoms with Crippen molar-refractivity contribution in [1.29, 1.82) is 0 Å². The van der Waals surface area contributed by atoms with E-state index in [2.05, 4.69) is 10.0 Å². The minimum absolute atomic E-state index is 0.0333. The lowest BCUT2D eigenvalue weighted by Crippen LogP contribution is -2.32. The molecule has 0 heterocycles. The normalized spacial score (nSPS) is 11.2. The molecule has 20 heavy (non-hydrogen) atoms. The maximum atomic E-state index is 11.9. The van der Waals surface area contributed by atoms with Crippen LogP contribution in [0.5, 0.6) is 0 Å². The van der Waals surface area contributed by atoms with Gasteiger partial charge in [0.2, 0.25) is 15.9 Å². The fourth-order valence-corrected chi connectivity index (χ4v) is 2.44. The van der Waals surface area contributed by atoms with Crippen molar-refractivity contribution in [3.05, 3.63) is 24.3 Å². The molecule has 0 unspecified atom stereocenters. The summed E-state index contributed by atoms with van der Waals surface area (Å²) < 4.78 is 30.9. The topological polar surface area (TPSA) is 111 Å². The van der Waals surface area contributed by atoms with Crippen LogP contribution in [0.2, 0.25) is 0 Å². The van der Waals surface area contributed by atoms with Crippen molar-refractivity contribution in [2.75, 3.05) is 32.5 Å². The third-order valence-corrected chi connectivity index (χ3v) is 3.94. The molecule has 0 saturated carbocycles. The number of nitrogens with two attached hydrogens (primary N) is 1. The van der Waals surface area contributed by atoms with E-state index in [1.54, 1.807) is 0 Å². The summed E-state index contributed by atoms with van der Waals surface area (Å²) >= 11 is 0. The minimum atomic E-state index is -3.61. The molecule has 0 radical (unpaired) electrons. The SMILES string of the molecule is COCCNC(=O)CCNS(=O)(=O)c1ccc(N)cc1. The number of carbonyl (C=O) groups is 1. The molecular weight excluding hydrogens is 282 g/mol. The zero-order valence-corrected chi connectivity index (χ0v) is 12.1. The second kappa shape index (κ2) is 7.83. The van der Waals surface area contributed by atoms with Gasteiger partial charge in [0.1, 0.15) is 0 Å². The predicted molar refractivity (Wildman–Crippen MR) is 75.5 cm³/mol. The smallest absolute Gasteiger partial charge is 0.240 e. The van der Waals surface area contributed by atoms with E-state index in [1.807, 2.05) is 0 Å². The number of hydrogen-bond acceptors (Lipinski definition) is 5. The summed E-state index contributed by atoms with van der Waals surface area (Å²) in [5, 5.41) is 2.60. The van der Waals surface area contributed by atoms with Gasteiger partial charge in [0.05, 0.1) is 11.5 Å². The highest BCUT2D eigenvalue weighted by molar-refractivity contribution is 7.89. The van der Waals surface area contributed by atoms with Crippen LogP contribution in [0.4, 0.5) is 5.69 Å². The van der Waals surface area contributed by atoms with Gasteiger partial charge in [-0.15, -0.1) is 0 Å². The lowest BCUT2D eigenvalue weighted by molar-refractivity contribution is -0.121. The third kappa shape index (κ3) is 5.55. The van der Waals surface area contributed by atoms with E-state index in [4.69, 9.17) is 10.5 Å². The molecule has 0 fully saturated rings. The number of nitrogen functional groups attached to an aromatic ring is 1. The highest BCUT2D eigenvalue weighted by atomic mass is 32.2. The van der Waals surface area contributed by atoms with E-state index in [1.165, 1.54) is 31.4 Å². The number of ether oxygens (including phenoxy) is 1. The quantitative estimate of drug-likeness (QED) is 0.451. The van der Waals surface area contributed by atoms with Crippen molar-refractivity contribution in [2.24, 2.45) is 0 Å². The Bertz CT molecular complexity index is 528. The first-order valence-corrected chi connectivity index (χ1v) is 7.55. The number of sulfonamides is 1. The van der Waals surface area contributed by atoms with Gasteiger partial charge in [0, 0.05) is 32.3 Å². The maximum absolute atomic E-state index is 11.9. The van der Waals surface area contributed by atoms with Crippen LogP contribution >= 0.6 is 0 Å². The molecule has 0 saturated heterocycles. The standard InChI is InChI=1S/C12H19N3O4S/c1-19-9-8-14-12(16)6-7-15-20(17,18)11-4-2-10(13)3-5-11/h2-5,15H,6-9,13H2,1H3,(H,14,16). The number of nitrogens with one attached hydrogen (secondary N) is 2. The van der Waals surface area contributed by atoms with Crippen molar-refractivity contribution in [3.8, 4) is 0 Å². The molecule has 4 N–H and O–H groups in total. The van der Waals surface area contributed by atoms with Crippen LogP contribution in [0.15, 0.2) is 29.2 Å². The number of methoxy groups -OCH3 is 1. The lowest BCUT2D eigenvalue weighted by Gasteiger charge is -2.07. The Morgan fingerprint density at radius 2 is 1.90 bits per heavy atom. The summed E-state index contributed by atoms with van der Waals surface area (Å²) in [6.07, 6.45) is 0.0674. The van der Waals surface area contributed by atoms with Gasteiger partial charge in [-0.25, -0.2) is 13.1 Å². The van der Waals surface area contributed by atoms with E-state index < -0.39 is 10.0 Å². The zero-order chi connectivity index (χ0) is 15.0. The average Bonchev–Trinajstić information content (AvgIpc) is 2.39. The summed E-state index contributed by atoms with van der Waals surface area (Å²) in [4.78, 5) is 11.5. The Balaban J connectivity index is 2.40. The molecule has 1 aromatic carbocycles. The lowest BCUT2D eigenvalue weighted by atomic mass is 10.3. The molecule has 0 spiro atoms. The van der Waals surface area contributed by atoms with E-state index in [9.17, 15) is 13.2 Å². The molecule has 0 aliphatic carbocycles. The van der Waals surface area contributed by atoms with Crippen LogP contribution in [0.25, 0.3) is 0 Å². The molecule has 0 bridgehead atoms. The van der Waals surface area contributed by atoms with Crippen molar-refractivity contribution in [3.63, 3.8) is 0 Å². The second-order valence-electron chi connectivity index (χ2n) is 4.06. The van der Waals surface area contributed by atoms with Crippen molar-refractivity contribution in [1.82, 2.24) is 10.0 Å². The summed E-state index contributed by atoms with van der Waals surface area (Å²) in [7, 11) is -2.07. The Morgan fingerprint density at radius 3 is 2.50 bits per heavy atom. The van der Waals surface area contributed by atoms with Gasteiger partial charge in [-0.3, -0.25) is 4.79 Å². The molecule has 0 aromatic heterocycles. The molecule has 0 aliphatic rings. The predicted octanol–water partition coefficient (Wildman–Crippen LogP) is -0.300. The second-order valence-corrected chi connectivity index (χ2v) is 5.83. The van der Waals surface area contributed by atoms with Crippen LogP contribution in [0, 0.1) is 0 Å². The van der Waals surface area contributed by atoms with Crippen LogP contribution in [0.1, 0.15) is 6.42 Å². The Hall–Kier alpha value is -1.64. The summed E-state index contributed by atoms with van der Waals surface area (Å²) in [6.45, 7) is 0.856. The number of amides is 1. The molecule has 0 atom stereocenters. The van der Waals surface area contributed by atoms with E-state index in [0.717, 1.165) is 0 Å². The highest BCUT2D eigenvalue weighted by Gasteiger charge is 2.13. The van der Waals surface area contributed by atoms with Gasteiger partial charge >= 0.3 is 0 Å². The molecule has 8 heteroatoms. The molecule has 1 rings (SSSR count). The summed E-state index contributed by atoms with van der Waals surface area (Å²) in [6, 6.07) is 5.84. The zero-order valence-electron chi connectivity index (χ0n) is 11.3. The number of rotatable bonds is 8. The highest BCUT2D eigenvalue weighted by Crippen LogP contribution is 2.11. The van der Waals surface area contributed by atoms with Crippen molar-refractivity contribution >= 4 is 21.6 Å². The van der Waals surface area contributed by atoms with Gasteiger partial charge < -0.3 is 15.8 Å². The first-order chi connectivity index (χ1) is 9.45. The Morgan fingerprint density at radius 1 is 1.25 bits per heavy atom. The minimum Gasteiger partial charge on any atom is -0.399 e. The van der Waals surface area contributed by atoms with Gasteiger partial charge in [0.15, 0.2) is 0 Å². The molecular formula is C12H19N3O4S. The van der Waals surface area contributed by atoms with Crippen LogP contribution in [0.3, 0.4) is 0 Å². The van der Waals surface area contributed by atoms with E-state index >= 15 is 0 Å². The average molecular weight is 301 g/mol. The summed E-state index contributed by atoms with van der Waals surface area (Å²) in [5.74, 6) is -0.234. The summed E-state index contributed by atoms with van der Waals surface area (Å²) in [5.41, 5.74) is 5.98. The van der Waals surface area contributed by atoms with E-state index in [-0.39, 0.29) is 23.8 Å². The number of benzene rings is 1. The first-order valence-electron chi connectivity index (χ1n) is 6.06. The van der Waals surface area contributed by atoms with Gasteiger partial charge in [-0.2, -0.15) is 0 Å².